The number of ether oxygens (including phenoxy) is 1. The monoisotopic (exact) mass is 267 g/mol. The van der Waals surface area contributed by atoms with E-state index >= 15 is 0 Å². The molecule has 0 atom stereocenters. The van der Waals surface area contributed by atoms with Gasteiger partial charge in [-0.1, -0.05) is 0 Å². The van der Waals surface area contributed by atoms with Gasteiger partial charge in [-0.3, -0.25) is 0 Å². The Kier molecular flexibility index (Phi) is 5.17. The summed E-state index contributed by atoms with van der Waals surface area (Å²) in [6, 6.07) is 2.78. The van der Waals surface area contributed by atoms with E-state index in [1.807, 2.05) is 0 Å². The summed E-state index contributed by atoms with van der Waals surface area (Å²) < 4.78 is 44.4. The quantitative estimate of drug-likeness (QED) is 0.735. The van der Waals surface area contributed by atoms with Crippen molar-refractivity contribution in [3.05, 3.63) is 23.7 Å². The molecule has 0 aliphatic carbocycles. The number of hydrogen-bond acceptors (Lipinski definition) is 4. The number of halogens is 3. The molecule has 0 radical (unpaired) electrons. The molecule has 1 rings (SSSR count). The average molecular weight is 267 g/mol. The SMILES string of the molecule is O=C(O)c1ccc(CNCCOCC(F)(F)F)o1. The van der Waals surface area contributed by atoms with Crippen LogP contribution in [0.25, 0.3) is 0 Å². The van der Waals surface area contributed by atoms with Gasteiger partial charge >= 0.3 is 12.1 Å². The minimum Gasteiger partial charge on any atom is -0.475 e. The van der Waals surface area contributed by atoms with Crippen molar-refractivity contribution in [2.75, 3.05) is 19.8 Å². The standard InChI is InChI=1S/C10H12F3NO4/c11-10(12,13)6-17-4-3-14-5-7-1-2-8(18-7)9(15)16/h1-2,14H,3-6H2,(H,15,16). The van der Waals surface area contributed by atoms with Gasteiger partial charge in [0.1, 0.15) is 12.4 Å². The third-order valence-electron chi connectivity index (χ3n) is 1.86. The van der Waals surface area contributed by atoms with Gasteiger partial charge in [0.25, 0.3) is 0 Å². The molecule has 18 heavy (non-hydrogen) atoms. The topological polar surface area (TPSA) is 71.7 Å². The van der Waals surface area contributed by atoms with Crippen molar-refractivity contribution in [2.45, 2.75) is 12.7 Å². The van der Waals surface area contributed by atoms with Crippen molar-refractivity contribution in [1.82, 2.24) is 5.32 Å². The van der Waals surface area contributed by atoms with E-state index in [1.54, 1.807) is 0 Å². The van der Waals surface area contributed by atoms with Crippen molar-refractivity contribution < 1.29 is 32.2 Å². The summed E-state index contributed by atoms with van der Waals surface area (Å²) in [4.78, 5) is 10.5. The lowest BCUT2D eigenvalue weighted by Crippen LogP contribution is -2.23. The highest BCUT2D eigenvalue weighted by Crippen LogP contribution is 2.14. The van der Waals surface area contributed by atoms with Crippen LogP contribution in [0.2, 0.25) is 0 Å². The molecule has 1 aromatic heterocycles. The van der Waals surface area contributed by atoms with Crippen LogP contribution in [0.15, 0.2) is 16.5 Å². The van der Waals surface area contributed by atoms with Crippen LogP contribution in [0.5, 0.6) is 0 Å². The van der Waals surface area contributed by atoms with Crippen molar-refractivity contribution in [1.29, 1.82) is 0 Å². The van der Waals surface area contributed by atoms with E-state index in [0.717, 1.165) is 0 Å². The van der Waals surface area contributed by atoms with E-state index in [1.165, 1.54) is 12.1 Å². The number of alkyl halides is 3. The van der Waals surface area contributed by atoms with Crippen molar-refractivity contribution >= 4 is 5.97 Å². The molecule has 0 amide bonds. The van der Waals surface area contributed by atoms with Gasteiger partial charge in [-0.05, 0) is 12.1 Å². The van der Waals surface area contributed by atoms with Crippen molar-refractivity contribution in [3.8, 4) is 0 Å². The van der Waals surface area contributed by atoms with Gasteiger partial charge in [0, 0.05) is 6.54 Å². The zero-order chi connectivity index (χ0) is 13.6. The summed E-state index contributed by atoms with van der Waals surface area (Å²) in [5, 5.41) is 11.3. The first-order chi connectivity index (χ1) is 8.38. The summed E-state index contributed by atoms with van der Waals surface area (Å²) >= 11 is 0. The van der Waals surface area contributed by atoms with Gasteiger partial charge in [0.05, 0.1) is 13.2 Å². The predicted molar refractivity (Wildman–Crippen MR) is 54.2 cm³/mol. The Morgan fingerprint density at radius 3 is 2.72 bits per heavy atom. The summed E-state index contributed by atoms with van der Waals surface area (Å²) in [6.07, 6.45) is -4.32. The smallest absolute Gasteiger partial charge is 0.411 e. The Balaban J connectivity index is 2.12. The second kappa shape index (κ2) is 6.41. The highest BCUT2D eigenvalue weighted by Gasteiger charge is 2.27. The number of carboxylic acids is 1. The van der Waals surface area contributed by atoms with Crippen LogP contribution in [0.4, 0.5) is 13.2 Å². The zero-order valence-electron chi connectivity index (χ0n) is 9.29. The third kappa shape index (κ3) is 5.69. The Bertz CT molecular complexity index is 389. The first kappa shape index (κ1) is 14.5. The molecular formula is C10H12F3NO4. The van der Waals surface area contributed by atoms with Gasteiger partial charge in [-0.25, -0.2) is 4.79 Å². The van der Waals surface area contributed by atoms with Crippen LogP contribution >= 0.6 is 0 Å². The molecule has 102 valence electrons. The lowest BCUT2D eigenvalue weighted by atomic mass is 10.4. The van der Waals surface area contributed by atoms with Crippen molar-refractivity contribution in [3.63, 3.8) is 0 Å². The number of carboxylic acid groups (broad SMARTS) is 1. The minimum absolute atomic E-state index is 0.0913. The molecule has 0 aromatic carbocycles. The van der Waals surface area contributed by atoms with Gasteiger partial charge < -0.3 is 19.6 Å². The summed E-state index contributed by atoms with van der Waals surface area (Å²) in [7, 11) is 0. The Labute approximate surface area is 101 Å². The molecule has 0 saturated heterocycles. The van der Waals surface area contributed by atoms with Crippen molar-refractivity contribution in [2.24, 2.45) is 0 Å². The van der Waals surface area contributed by atoms with Crippen LogP contribution in [0.1, 0.15) is 16.3 Å². The van der Waals surface area contributed by atoms with Gasteiger partial charge in [0.15, 0.2) is 0 Å². The molecule has 8 heteroatoms. The fourth-order valence-corrected chi connectivity index (χ4v) is 1.13. The maximum Gasteiger partial charge on any atom is 0.411 e. The molecule has 0 fully saturated rings. The van der Waals surface area contributed by atoms with Crippen LogP contribution in [-0.4, -0.2) is 37.0 Å². The Morgan fingerprint density at radius 2 is 2.17 bits per heavy atom. The second-order valence-electron chi connectivity index (χ2n) is 3.42. The lowest BCUT2D eigenvalue weighted by molar-refractivity contribution is -0.173. The van der Waals surface area contributed by atoms with Crippen LogP contribution in [0, 0.1) is 0 Å². The fourth-order valence-electron chi connectivity index (χ4n) is 1.13. The van der Waals surface area contributed by atoms with E-state index in [0.29, 0.717) is 5.76 Å². The summed E-state index contributed by atoms with van der Waals surface area (Å²) in [5.41, 5.74) is 0. The Hall–Kier alpha value is -1.54. The molecule has 0 unspecified atom stereocenters. The normalized spacial score (nSPS) is 11.7. The number of aromatic carboxylic acids is 1. The molecule has 5 nitrogen and oxygen atoms in total. The van der Waals surface area contributed by atoms with E-state index in [4.69, 9.17) is 9.52 Å². The summed E-state index contributed by atoms with van der Waals surface area (Å²) in [6.45, 7) is -0.938. The highest BCUT2D eigenvalue weighted by molar-refractivity contribution is 5.84. The fraction of sp³-hybridized carbons (Fsp3) is 0.500. The average Bonchev–Trinajstić information content (AvgIpc) is 2.70. The van der Waals surface area contributed by atoms with Crippen LogP contribution < -0.4 is 5.32 Å². The second-order valence-corrected chi connectivity index (χ2v) is 3.42. The molecular weight excluding hydrogens is 255 g/mol. The van der Waals surface area contributed by atoms with Crippen LogP contribution in [-0.2, 0) is 11.3 Å². The third-order valence-corrected chi connectivity index (χ3v) is 1.86. The van der Waals surface area contributed by atoms with E-state index < -0.39 is 18.8 Å². The maximum atomic E-state index is 11.7. The molecule has 0 aliphatic rings. The van der Waals surface area contributed by atoms with Gasteiger partial charge in [-0.15, -0.1) is 0 Å². The molecule has 0 spiro atoms. The molecule has 0 bridgehead atoms. The van der Waals surface area contributed by atoms with E-state index in [9.17, 15) is 18.0 Å². The van der Waals surface area contributed by atoms with E-state index in [2.05, 4.69) is 10.1 Å². The molecule has 1 aromatic rings. The number of hydrogen-bond donors (Lipinski definition) is 2. The number of carbonyl (C=O) groups is 1. The molecule has 2 N–H and O–H groups in total. The Morgan fingerprint density at radius 1 is 1.44 bits per heavy atom. The summed E-state index contributed by atoms with van der Waals surface area (Å²) in [5.74, 6) is -0.960. The minimum atomic E-state index is -4.32. The highest BCUT2D eigenvalue weighted by atomic mass is 19.4. The van der Waals surface area contributed by atoms with Gasteiger partial charge in [-0.2, -0.15) is 13.2 Å². The largest absolute Gasteiger partial charge is 0.475 e. The number of furan rings is 1. The lowest BCUT2D eigenvalue weighted by Gasteiger charge is -2.07. The molecule has 1 heterocycles. The molecule has 0 saturated carbocycles. The number of nitrogens with one attached hydrogen (secondary N) is 1. The van der Waals surface area contributed by atoms with Crippen LogP contribution in [0.3, 0.4) is 0 Å². The first-order valence-electron chi connectivity index (χ1n) is 5.06. The molecule has 0 aliphatic heterocycles. The van der Waals surface area contributed by atoms with Gasteiger partial charge in [0.2, 0.25) is 5.76 Å². The number of rotatable bonds is 7. The first-order valence-corrected chi connectivity index (χ1v) is 5.06. The predicted octanol–water partition coefficient (Wildman–Crippen LogP) is 1.65. The zero-order valence-corrected chi connectivity index (χ0v) is 9.29. The maximum absolute atomic E-state index is 11.7. The van der Waals surface area contributed by atoms with E-state index in [-0.39, 0.29) is 25.5 Å².